The molecule has 30 heavy (non-hydrogen) atoms. The number of aromatic nitrogens is 1. The van der Waals surface area contributed by atoms with Crippen LogP contribution < -0.4 is 21.3 Å². The van der Waals surface area contributed by atoms with E-state index in [9.17, 15) is 14.7 Å². The largest absolute Gasteiger partial charge is 0.446 e. The molecule has 0 saturated carbocycles. The van der Waals surface area contributed by atoms with Gasteiger partial charge in [0.2, 0.25) is 11.8 Å². The Balaban J connectivity index is 1.62. The quantitative estimate of drug-likeness (QED) is 0.514. The number of aliphatic hydroxyl groups is 1. The molecule has 0 spiro atoms. The fourth-order valence-electron chi connectivity index (χ4n) is 3.02. The highest BCUT2D eigenvalue weighted by molar-refractivity contribution is 6.00. The molecular weight excluding hydrogens is 390 g/mol. The van der Waals surface area contributed by atoms with Crippen LogP contribution in [0.3, 0.4) is 0 Å². The Kier molecular flexibility index (Phi) is 7.03. The van der Waals surface area contributed by atoms with Gasteiger partial charge < -0.3 is 35.5 Å². The van der Waals surface area contributed by atoms with Gasteiger partial charge in [-0.1, -0.05) is 0 Å². The second-order valence-corrected chi connectivity index (χ2v) is 7.19. The number of benzene rings is 1. The Morgan fingerprint density at radius 2 is 1.87 bits per heavy atom. The van der Waals surface area contributed by atoms with Crippen LogP contribution in [0.25, 0.3) is 0 Å². The number of nitrogens with zero attached hydrogens (tertiary/aromatic N) is 2. The van der Waals surface area contributed by atoms with E-state index < -0.39 is 30.0 Å². The molecule has 2 aromatic rings. The monoisotopic (exact) mass is 417 g/mol. The molecule has 0 radical (unpaired) electrons. The van der Waals surface area contributed by atoms with Gasteiger partial charge in [-0.05, 0) is 38.1 Å². The maximum atomic E-state index is 12.6. The van der Waals surface area contributed by atoms with Crippen LogP contribution in [0.2, 0.25) is 0 Å². The van der Waals surface area contributed by atoms with Crippen molar-refractivity contribution in [2.75, 3.05) is 36.5 Å². The van der Waals surface area contributed by atoms with E-state index in [-0.39, 0.29) is 11.6 Å². The summed E-state index contributed by atoms with van der Waals surface area (Å²) in [7, 11) is 0. The van der Waals surface area contributed by atoms with Crippen molar-refractivity contribution in [1.82, 2.24) is 10.3 Å². The second kappa shape index (κ2) is 9.70. The number of hydrogen-bond acceptors (Lipinski definition) is 8. The molecule has 1 unspecified atom stereocenters. The van der Waals surface area contributed by atoms with E-state index in [4.69, 9.17) is 14.9 Å². The number of carbonyl (C=O) groups is 2. The van der Waals surface area contributed by atoms with Crippen molar-refractivity contribution in [1.29, 1.82) is 0 Å². The lowest BCUT2D eigenvalue weighted by Crippen LogP contribution is -2.50. The topological polar surface area (TPSA) is 143 Å². The van der Waals surface area contributed by atoms with E-state index in [0.29, 0.717) is 18.9 Å². The second-order valence-electron chi connectivity index (χ2n) is 7.19. The third-order valence-corrected chi connectivity index (χ3v) is 4.71. The van der Waals surface area contributed by atoms with Crippen molar-refractivity contribution in [3.63, 3.8) is 0 Å². The van der Waals surface area contributed by atoms with Crippen molar-refractivity contribution in [2.24, 2.45) is 5.73 Å². The van der Waals surface area contributed by atoms with E-state index in [1.54, 1.807) is 19.1 Å². The van der Waals surface area contributed by atoms with E-state index in [1.165, 1.54) is 6.92 Å². The summed E-state index contributed by atoms with van der Waals surface area (Å²) in [5.74, 6) is -0.985. The molecule has 5 N–H and O–H groups in total. The van der Waals surface area contributed by atoms with E-state index in [0.717, 1.165) is 25.0 Å². The van der Waals surface area contributed by atoms with Gasteiger partial charge in [-0.2, -0.15) is 0 Å². The summed E-state index contributed by atoms with van der Waals surface area (Å²) in [6.07, 6.45) is 0.0384. The predicted molar refractivity (Wildman–Crippen MR) is 110 cm³/mol. The number of carbonyl (C=O) groups excluding carboxylic acids is 2. The first-order valence-corrected chi connectivity index (χ1v) is 9.78. The Morgan fingerprint density at radius 1 is 1.20 bits per heavy atom. The number of nitrogens with one attached hydrogen (secondary N) is 2. The number of anilines is 2. The molecule has 162 valence electrons. The Hall–Kier alpha value is -2.95. The van der Waals surface area contributed by atoms with Gasteiger partial charge in [0.1, 0.15) is 12.3 Å². The number of aliphatic hydroxyl groups excluding tert-OH is 1. The maximum Gasteiger partial charge on any atom is 0.273 e. The molecule has 10 nitrogen and oxygen atoms in total. The van der Waals surface area contributed by atoms with Crippen molar-refractivity contribution in [3.05, 3.63) is 42.1 Å². The van der Waals surface area contributed by atoms with Crippen LogP contribution in [0.4, 0.5) is 11.4 Å². The van der Waals surface area contributed by atoms with Crippen molar-refractivity contribution in [2.45, 2.75) is 32.0 Å². The third kappa shape index (κ3) is 5.35. The smallest absolute Gasteiger partial charge is 0.273 e. The molecule has 1 saturated heterocycles. The maximum absolute atomic E-state index is 12.6. The molecule has 0 aliphatic carbocycles. The minimum Gasteiger partial charge on any atom is -0.446 e. The van der Waals surface area contributed by atoms with Crippen molar-refractivity contribution < 1.29 is 23.8 Å². The van der Waals surface area contributed by atoms with Gasteiger partial charge >= 0.3 is 0 Å². The normalized spacial score (nSPS) is 17.1. The summed E-state index contributed by atoms with van der Waals surface area (Å²) < 4.78 is 10.5. The molecule has 2 amide bonds. The Bertz CT molecular complexity index is 859. The summed E-state index contributed by atoms with van der Waals surface area (Å²) in [4.78, 5) is 31.2. The molecule has 1 fully saturated rings. The summed E-state index contributed by atoms with van der Waals surface area (Å²) in [5, 5.41) is 15.2. The van der Waals surface area contributed by atoms with Crippen molar-refractivity contribution in [3.8, 4) is 0 Å². The highest BCUT2D eigenvalue weighted by atomic mass is 16.5. The van der Waals surface area contributed by atoms with Crippen LogP contribution in [-0.2, 0) is 9.53 Å². The zero-order valence-electron chi connectivity index (χ0n) is 17.0. The number of hydrogen-bond donors (Lipinski definition) is 4. The first-order chi connectivity index (χ1) is 14.3. The summed E-state index contributed by atoms with van der Waals surface area (Å²) in [6.45, 7) is 6.09. The lowest BCUT2D eigenvalue weighted by atomic mass is 10.1. The zero-order valence-corrected chi connectivity index (χ0v) is 17.0. The molecule has 1 aliphatic rings. The molecule has 1 aliphatic heterocycles. The number of amides is 2. The van der Waals surface area contributed by atoms with Crippen LogP contribution in [0.5, 0.6) is 0 Å². The van der Waals surface area contributed by atoms with Gasteiger partial charge in [-0.15, -0.1) is 0 Å². The van der Waals surface area contributed by atoms with Crippen LogP contribution in [0, 0.1) is 0 Å². The summed E-state index contributed by atoms with van der Waals surface area (Å²) >= 11 is 0. The van der Waals surface area contributed by atoms with Gasteiger partial charge in [-0.3, -0.25) is 9.59 Å². The van der Waals surface area contributed by atoms with Crippen LogP contribution in [0.1, 0.15) is 36.3 Å². The lowest BCUT2D eigenvalue weighted by molar-refractivity contribution is -0.120. The summed E-state index contributed by atoms with van der Waals surface area (Å²) in [6, 6.07) is 5.71. The highest BCUT2D eigenvalue weighted by Gasteiger charge is 2.27. The Morgan fingerprint density at radius 3 is 2.43 bits per heavy atom. The highest BCUT2D eigenvalue weighted by Crippen LogP contribution is 2.19. The SMILES string of the molecule is CC(O)[C@@H](NC(=O)c1coc([C@H](C)N)n1)C(=O)Nc1ccc(N2CCOCC2)cc1. The third-order valence-electron chi connectivity index (χ3n) is 4.71. The zero-order chi connectivity index (χ0) is 21.7. The fourth-order valence-corrected chi connectivity index (χ4v) is 3.02. The molecule has 3 rings (SSSR count). The van der Waals surface area contributed by atoms with E-state index >= 15 is 0 Å². The molecule has 0 bridgehead atoms. The average molecular weight is 417 g/mol. The standard InChI is InChI=1S/C20H27N5O5/c1-12(21)20-23-16(11-30-20)18(27)24-17(13(2)26)19(28)22-14-3-5-15(6-4-14)25-7-9-29-10-8-25/h3-6,11-13,17,26H,7-10,21H2,1-2H3,(H,22,28)(H,24,27)/t12-,13?,17+/m0/s1. The number of oxazole rings is 1. The van der Waals surface area contributed by atoms with E-state index in [2.05, 4.69) is 20.5 Å². The predicted octanol–water partition coefficient (Wildman–Crippen LogP) is 0.649. The summed E-state index contributed by atoms with van der Waals surface area (Å²) in [5.41, 5.74) is 7.24. The molecule has 10 heteroatoms. The van der Waals surface area contributed by atoms with Crippen LogP contribution in [-0.4, -0.2) is 60.4 Å². The van der Waals surface area contributed by atoms with E-state index in [1.807, 2.05) is 12.1 Å². The van der Waals surface area contributed by atoms with Crippen LogP contribution in [0.15, 0.2) is 34.9 Å². The van der Waals surface area contributed by atoms with Crippen LogP contribution >= 0.6 is 0 Å². The van der Waals surface area contributed by atoms with Gasteiger partial charge in [0.05, 0.1) is 25.4 Å². The number of ether oxygens (including phenoxy) is 1. The molecule has 1 aromatic carbocycles. The number of nitrogens with two attached hydrogens (primary N) is 1. The lowest BCUT2D eigenvalue weighted by Gasteiger charge is -2.29. The first kappa shape index (κ1) is 21.8. The van der Waals surface area contributed by atoms with Gasteiger partial charge in [-0.25, -0.2) is 4.98 Å². The van der Waals surface area contributed by atoms with Gasteiger partial charge in [0, 0.05) is 24.5 Å². The average Bonchev–Trinajstić information content (AvgIpc) is 3.23. The molecule has 2 heterocycles. The molecule has 1 aromatic heterocycles. The van der Waals surface area contributed by atoms with Gasteiger partial charge in [0.15, 0.2) is 5.69 Å². The minimum absolute atomic E-state index is 0.0179. The minimum atomic E-state index is -1.17. The Labute approximate surface area is 174 Å². The number of morpholine rings is 1. The molecule has 3 atom stereocenters. The van der Waals surface area contributed by atoms with Gasteiger partial charge in [0.25, 0.3) is 5.91 Å². The number of rotatable bonds is 7. The first-order valence-electron chi connectivity index (χ1n) is 9.78. The molecular formula is C20H27N5O5. The fraction of sp³-hybridized carbons (Fsp3) is 0.450. The van der Waals surface area contributed by atoms with Crippen molar-refractivity contribution >= 4 is 23.2 Å².